The Hall–Kier alpha value is -3.22. The van der Waals surface area contributed by atoms with Crippen molar-refractivity contribution < 1.29 is 39.1 Å². The number of anilines is 1. The molecule has 12 heteroatoms. The van der Waals surface area contributed by atoms with Crippen LogP contribution >= 0.6 is 22.9 Å². The smallest absolute Gasteiger partial charge is 0.306 e. The molecule has 41 heavy (non-hydrogen) atoms. The van der Waals surface area contributed by atoms with Crippen LogP contribution in [0.3, 0.4) is 0 Å². The summed E-state index contributed by atoms with van der Waals surface area (Å²) in [4.78, 5) is 31.3. The largest absolute Gasteiger partial charge is 0.493 e. The van der Waals surface area contributed by atoms with Crippen LogP contribution in [-0.2, 0) is 20.7 Å². The van der Waals surface area contributed by atoms with E-state index >= 15 is 0 Å². The number of methoxy groups -OCH3 is 2. The number of para-hydroxylation sites is 1. The highest BCUT2D eigenvalue weighted by Gasteiger charge is 2.40. The van der Waals surface area contributed by atoms with Gasteiger partial charge in [-0.15, -0.1) is 11.3 Å². The third kappa shape index (κ3) is 6.82. The molecule has 1 unspecified atom stereocenters. The average Bonchev–Trinajstić information content (AvgIpc) is 3.38. The SMILES string of the molecule is COc1cccc([C@H]2O[C@H](Cc3nc(C(O)CC(=O)O)cs3)C(=O)N(CC(C)(C)CO)c3ccc(Cl)cc32)c1OC. The lowest BCUT2D eigenvalue weighted by molar-refractivity contribution is -0.139. The summed E-state index contributed by atoms with van der Waals surface area (Å²) >= 11 is 7.67. The summed E-state index contributed by atoms with van der Waals surface area (Å²) in [5.74, 6) is -0.570. The minimum atomic E-state index is -1.27. The summed E-state index contributed by atoms with van der Waals surface area (Å²) < 4.78 is 17.9. The molecular weight excluding hydrogens is 572 g/mol. The van der Waals surface area contributed by atoms with E-state index in [2.05, 4.69) is 4.98 Å². The quantitative estimate of drug-likeness (QED) is 0.290. The van der Waals surface area contributed by atoms with Crippen LogP contribution in [0.15, 0.2) is 41.8 Å². The van der Waals surface area contributed by atoms with Crippen molar-refractivity contribution in [2.45, 2.75) is 45.0 Å². The molecule has 0 bridgehead atoms. The second-order valence-corrected chi connectivity index (χ2v) is 11.9. The molecule has 0 fully saturated rings. The number of carboxylic acid groups (broad SMARTS) is 1. The molecule has 4 rings (SSSR count). The van der Waals surface area contributed by atoms with E-state index in [4.69, 9.17) is 30.9 Å². The van der Waals surface area contributed by atoms with Crippen LogP contribution in [0.1, 0.15) is 54.3 Å². The van der Waals surface area contributed by atoms with Crippen molar-refractivity contribution in [3.05, 3.63) is 68.6 Å². The number of carboxylic acids is 1. The van der Waals surface area contributed by atoms with Gasteiger partial charge < -0.3 is 34.4 Å². The molecule has 3 aromatic rings. The monoisotopic (exact) mass is 604 g/mol. The van der Waals surface area contributed by atoms with Gasteiger partial charge in [-0.2, -0.15) is 0 Å². The summed E-state index contributed by atoms with van der Waals surface area (Å²) in [5, 5.41) is 31.9. The number of carbonyl (C=O) groups is 2. The van der Waals surface area contributed by atoms with Crippen molar-refractivity contribution in [1.29, 1.82) is 0 Å². The number of benzene rings is 2. The summed E-state index contributed by atoms with van der Waals surface area (Å²) in [6, 6.07) is 10.6. The Kier molecular flexibility index (Phi) is 9.55. The number of hydrogen-bond acceptors (Lipinski definition) is 9. The third-order valence-electron chi connectivity index (χ3n) is 6.77. The standard InChI is InChI=1S/C29H33ClN2O8S/c1-29(2,15-33)14-32-20-9-8-16(30)10-18(20)26(17-6-5-7-22(38-3)27(17)39-4)40-23(28(32)37)12-24-31-19(13-41-24)21(34)11-25(35)36/h5-10,13,21,23,26,33-34H,11-12,14-15H2,1-4H3,(H,35,36)/t21?,23-,26-/m1/s1. The van der Waals surface area contributed by atoms with Gasteiger partial charge in [0.1, 0.15) is 18.3 Å². The molecule has 0 saturated carbocycles. The number of ether oxygens (including phenoxy) is 3. The van der Waals surface area contributed by atoms with Crippen molar-refractivity contribution in [3.63, 3.8) is 0 Å². The first-order valence-electron chi connectivity index (χ1n) is 12.9. The molecule has 3 atom stereocenters. The first-order valence-corrected chi connectivity index (χ1v) is 14.2. The van der Waals surface area contributed by atoms with Gasteiger partial charge in [0.05, 0.1) is 31.3 Å². The van der Waals surface area contributed by atoms with Crippen LogP contribution in [0.4, 0.5) is 5.69 Å². The summed E-state index contributed by atoms with van der Waals surface area (Å²) in [7, 11) is 3.05. The van der Waals surface area contributed by atoms with E-state index in [0.717, 1.165) is 0 Å². The number of hydrogen-bond donors (Lipinski definition) is 3. The Balaban J connectivity index is 1.84. The molecule has 1 aliphatic rings. The number of carbonyl (C=O) groups excluding carboxylic acids is 1. The zero-order valence-corrected chi connectivity index (χ0v) is 24.7. The highest BCUT2D eigenvalue weighted by Crippen LogP contribution is 2.45. The molecule has 2 heterocycles. The van der Waals surface area contributed by atoms with Gasteiger partial charge in [-0.1, -0.05) is 37.6 Å². The molecule has 2 aromatic carbocycles. The van der Waals surface area contributed by atoms with Crippen molar-refractivity contribution in [2.75, 3.05) is 32.3 Å². The lowest BCUT2D eigenvalue weighted by atomic mass is 9.92. The van der Waals surface area contributed by atoms with Gasteiger partial charge >= 0.3 is 5.97 Å². The van der Waals surface area contributed by atoms with Gasteiger partial charge in [-0.3, -0.25) is 9.59 Å². The van der Waals surface area contributed by atoms with E-state index in [9.17, 15) is 19.8 Å². The number of aliphatic hydroxyl groups excluding tert-OH is 2. The summed E-state index contributed by atoms with van der Waals surface area (Å²) in [5.41, 5.74) is 1.40. The predicted molar refractivity (Wildman–Crippen MR) is 154 cm³/mol. The number of amides is 1. The predicted octanol–water partition coefficient (Wildman–Crippen LogP) is 4.40. The number of fused-ring (bicyclic) bond motifs is 1. The number of thiazole rings is 1. The van der Waals surface area contributed by atoms with Crippen LogP contribution in [0.5, 0.6) is 11.5 Å². The van der Waals surface area contributed by atoms with Gasteiger partial charge in [0.25, 0.3) is 5.91 Å². The highest BCUT2D eigenvalue weighted by atomic mass is 35.5. The molecule has 3 N–H and O–H groups in total. The molecule has 0 radical (unpaired) electrons. The topological polar surface area (TPSA) is 139 Å². The van der Waals surface area contributed by atoms with Crippen LogP contribution in [-0.4, -0.2) is 65.7 Å². The third-order valence-corrected chi connectivity index (χ3v) is 7.90. The van der Waals surface area contributed by atoms with E-state index in [0.29, 0.717) is 38.3 Å². The Morgan fingerprint density at radius 2 is 1.98 bits per heavy atom. The highest BCUT2D eigenvalue weighted by molar-refractivity contribution is 7.09. The fraction of sp³-hybridized carbons (Fsp3) is 0.414. The number of halogens is 1. The molecule has 0 saturated heterocycles. The second kappa shape index (κ2) is 12.7. The minimum absolute atomic E-state index is 0.0594. The van der Waals surface area contributed by atoms with Crippen molar-refractivity contribution in [1.82, 2.24) is 4.98 Å². The van der Waals surface area contributed by atoms with Gasteiger partial charge in [0, 0.05) is 52.2 Å². The minimum Gasteiger partial charge on any atom is -0.493 e. The first-order chi connectivity index (χ1) is 19.5. The fourth-order valence-electron chi connectivity index (χ4n) is 4.71. The molecule has 1 aliphatic heterocycles. The number of aliphatic hydroxyl groups is 2. The molecule has 1 aromatic heterocycles. The Morgan fingerprint density at radius 1 is 1.22 bits per heavy atom. The normalized spacial score (nSPS) is 18.0. The van der Waals surface area contributed by atoms with Crippen LogP contribution in [0.2, 0.25) is 5.02 Å². The fourth-order valence-corrected chi connectivity index (χ4v) is 5.76. The Morgan fingerprint density at radius 3 is 2.63 bits per heavy atom. The van der Waals surface area contributed by atoms with E-state index in [-0.39, 0.29) is 31.2 Å². The number of aliphatic carboxylic acids is 1. The number of rotatable bonds is 11. The lowest BCUT2D eigenvalue weighted by Gasteiger charge is -2.32. The molecule has 0 aliphatic carbocycles. The van der Waals surface area contributed by atoms with Gasteiger partial charge in [0.2, 0.25) is 0 Å². The maximum Gasteiger partial charge on any atom is 0.306 e. The Labute approximate surface area is 247 Å². The van der Waals surface area contributed by atoms with E-state index in [1.54, 1.807) is 40.6 Å². The van der Waals surface area contributed by atoms with Gasteiger partial charge in [0.15, 0.2) is 11.5 Å². The molecular formula is C29H33ClN2O8S. The zero-order valence-electron chi connectivity index (χ0n) is 23.2. The van der Waals surface area contributed by atoms with Crippen LogP contribution < -0.4 is 14.4 Å². The van der Waals surface area contributed by atoms with Crippen molar-refractivity contribution in [2.24, 2.45) is 5.41 Å². The lowest BCUT2D eigenvalue weighted by Crippen LogP contribution is -2.45. The molecule has 0 spiro atoms. The van der Waals surface area contributed by atoms with Crippen molar-refractivity contribution in [3.8, 4) is 11.5 Å². The van der Waals surface area contributed by atoms with Gasteiger partial charge in [-0.25, -0.2) is 4.98 Å². The van der Waals surface area contributed by atoms with Crippen LogP contribution in [0, 0.1) is 5.41 Å². The Bertz CT molecular complexity index is 1410. The van der Waals surface area contributed by atoms with E-state index < -0.39 is 36.1 Å². The number of nitrogens with zero attached hydrogens (tertiary/aromatic N) is 2. The number of aromatic nitrogens is 1. The maximum absolute atomic E-state index is 14.2. The molecule has 220 valence electrons. The van der Waals surface area contributed by atoms with E-state index in [1.807, 2.05) is 19.9 Å². The first kappa shape index (κ1) is 30.7. The summed E-state index contributed by atoms with van der Waals surface area (Å²) in [6.07, 6.45) is -3.54. The van der Waals surface area contributed by atoms with E-state index in [1.165, 1.54) is 25.6 Å². The van der Waals surface area contributed by atoms with Crippen LogP contribution in [0.25, 0.3) is 0 Å². The molecule has 1 amide bonds. The van der Waals surface area contributed by atoms with Gasteiger partial charge in [-0.05, 0) is 24.3 Å². The van der Waals surface area contributed by atoms with Crippen molar-refractivity contribution >= 4 is 40.5 Å². The summed E-state index contributed by atoms with van der Waals surface area (Å²) in [6.45, 7) is 3.75. The zero-order chi connectivity index (χ0) is 29.9. The maximum atomic E-state index is 14.2. The molecule has 10 nitrogen and oxygen atoms in total. The average molecular weight is 605 g/mol. The second-order valence-electron chi connectivity index (χ2n) is 10.5.